The summed E-state index contributed by atoms with van der Waals surface area (Å²) < 4.78 is 5.35. The lowest BCUT2D eigenvalue weighted by atomic mass is 10.3. The topological polar surface area (TPSA) is 70.0 Å². The molecule has 0 amide bonds. The van der Waals surface area contributed by atoms with Crippen molar-refractivity contribution in [1.82, 2.24) is 16.1 Å². The maximum atomic E-state index is 5.99. The van der Waals surface area contributed by atoms with Crippen LogP contribution in [0.25, 0.3) is 0 Å². The van der Waals surface area contributed by atoms with Gasteiger partial charge in [-0.25, -0.2) is 9.97 Å². The lowest BCUT2D eigenvalue weighted by molar-refractivity contribution is 0.304. The third-order valence-electron chi connectivity index (χ3n) is 1.61. The summed E-state index contributed by atoms with van der Waals surface area (Å²) in [5.74, 6) is 0.496. The Morgan fingerprint density at radius 1 is 1.36 bits per heavy atom. The van der Waals surface area contributed by atoms with E-state index in [2.05, 4.69) is 9.97 Å². The molecule has 0 aromatic carbocycles. The van der Waals surface area contributed by atoms with Gasteiger partial charge in [0.05, 0.1) is 12.3 Å². The SMILES string of the molecule is CCCOc1ncnc(CC)c1Cl.N. The smallest absolute Gasteiger partial charge is 0.235 e. The predicted octanol–water partition coefficient (Wildman–Crippen LogP) is 2.64. The van der Waals surface area contributed by atoms with Crippen LogP contribution in [0.3, 0.4) is 0 Å². The van der Waals surface area contributed by atoms with Crippen LogP contribution in [0.4, 0.5) is 0 Å². The van der Waals surface area contributed by atoms with Crippen molar-refractivity contribution in [2.45, 2.75) is 26.7 Å². The van der Waals surface area contributed by atoms with E-state index in [1.54, 1.807) is 0 Å². The van der Waals surface area contributed by atoms with E-state index in [-0.39, 0.29) is 6.15 Å². The molecule has 0 spiro atoms. The number of nitrogens with zero attached hydrogens (tertiary/aromatic N) is 2. The molecule has 80 valence electrons. The molecule has 5 heteroatoms. The molecule has 0 radical (unpaired) electrons. The standard InChI is InChI=1S/C9H13ClN2O.H3N/c1-3-5-13-9-8(10)7(4-2)11-6-12-9;/h6H,3-5H2,1-2H3;1H3. The number of ether oxygens (including phenoxy) is 1. The van der Waals surface area contributed by atoms with Gasteiger partial charge in [-0.05, 0) is 12.8 Å². The highest BCUT2D eigenvalue weighted by Crippen LogP contribution is 2.23. The maximum absolute atomic E-state index is 5.99. The molecular weight excluding hydrogens is 202 g/mol. The quantitative estimate of drug-likeness (QED) is 0.842. The number of hydrogen-bond acceptors (Lipinski definition) is 4. The highest BCUT2D eigenvalue weighted by Gasteiger charge is 2.07. The predicted molar refractivity (Wildman–Crippen MR) is 57.2 cm³/mol. The van der Waals surface area contributed by atoms with E-state index in [0.29, 0.717) is 17.5 Å². The van der Waals surface area contributed by atoms with Gasteiger partial charge in [-0.1, -0.05) is 25.4 Å². The molecule has 0 saturated carbocycles. The van der Waals surface area contributed by atoms with Crippen LogP contribution in [0.5, 0.6) is 5.88 Å². The van der Waals surface area contributed by atoms with Crippen molar-refractivity contribution in [2.75, 3.05) is 6.61 Å². The van der Waals surface area contributed by atoms with Gasteiger partial charge in [0, 0.05) is 0 Å². The van der Waals surface area contributed by atoms with Crippen molar-refractivity contribution in [3.05, 3.63) is 17.0 Å². The molecule has 0 bridgehead atoms. The molecule has 4 nitrogen and oxygen atoms in total. The molecule has 1 rings (SSSR count). The Labute approximate surface area is 89.2 Å². The van der Waals surface area contributed by atoms with Crippen LogP contribution in [0, 0.1) is 0 Å². The molecule has 1 aromatic rings. The van der Waals surface area contributed by atoms with E-state index in [1.165, 1.54) is 6.33 Å². The fourth-order valence-corrected chi connectivity index (χ4v) is 1.22. The Morgan fingerprint density at radius 3 is 2.64 bits per heavy atom. The van der Waals surface area contributed by atoms with Crippen LogP contribution in [-0.4, -0.2) is 16.6 Å². The van der Waals surface area contributed by atoms with Crippen LogP contribution < -0.4 is 10.9 Å². The zero-order chi connectivity index (χ0) is 9.68. The van der Waals surface area contributed by atoms with Crippen molar-refractivity contribution in [1.29, 1.82) is 0 Å². The average Bonchev–Trinajstić information content (AvgIpc) is 2.16. The van der Waals surface area contributed by atoms with Gasteiger partial charge in [0.1, 0.15) is 11.3 Å². The summed E-state index contributed by atoms with van der Waals surface area (Å²) in [5, 5.41) is 0.540. The summed E-state index contributed by atoms with van der Waals surface area (Å²) in [5.41, 5.74) is 0.836. The Bertz CT molecular complexity index is 281. The van der Waals surface area contributed by atoms with Crippen molar-refractivity contribution in [3.8, 4) is 5.88 Å². The molecule has 0 aliphatic rings. The van der Waals surface area contributed by atoms with Crippen molar-refractivity contribution < 1.29 is 4.74 Å². The first-order chi connectivity index (χ1) is 6.29. The van der Waals surface area contributed by atoms with Gasteiger partial charge in [-0.2, -0.15) is 0 Å². The van der Waals surface area contributed by atoms with Gasteiger partial charge in [0.25, 0.3) is 0 Å². The molecule has 0 fully saturated rings. The first kappa shape index (κ1) is 13.1. The fourth-order valence-electron chi connectivity index (χ4n) is 0.934. The molecule has 0 saturated heterocycles. The van der Waals surface area contributed by atoms with Crippen LogP contribution in [-0.2, 0) is 6.42 Å². The largest absolute Gasteiger partial charge is 0.477 e. The van der Waals surface area contributed by atoms with Crippen LogP contribution >= 0.6 is 11.6 Å². The minimum absolute atomic E-state index is 0. The highest BCUT2D eigenvalue weighted by atomic mass is 35.5. The maximum Gasteiger partial charge on any atom is 0.235 e. The third kappa shape index (κ3) is 3.12. The molecule has 1 heterocycles. The molecule has 0 aliphatic carbocycles. The Hall–Kier alpha value is -0.870. The summed E-state index contributed by atoms with van der Waals surface area (Å²) in [6, 6.07) is 0. The van der Waals surface area contributed by atoms with E-state index >= 15 is 0 Å². The van der Waals surface area contributed by atoms with Crippen LogP contribution in [0.1, 0.15) is 26.0 Å². The zero-order valence-corrected chi connectivity index (χ0v) is 9.34. The van der Waals surface area contributed by atoms with E-state index in [4.69, 9.17) is 16.3 Å². The minimum atomic E-state index is 0. The Balaban J connectivity index is 0.00000169. The second-order valence-corrected chi connectivity index (χ2v) is 3.02. The highest BCUT2D eigenvalue weighted by molar-refractivity contribution is 6.32. The van der Waals surface area contributed by atoms with Gasteiger partial charge in [0.15, 0.2) is 0 Å². The molecular formula is C9H16ClN3O. The van der Waals surface area contributed by atoms with E-state index < -0.39 is 0 Å². The van der Waals surface area contributed by atoms with Crippen molar-refractivity contribution in [2.24, 2.45) is 0 Å². The van der Waals surface area contributed by atoms with Crippen LogP contribution in [0.2, 0.25) is 5.02 Å². The number of aryl methyl sites for hydroxylation is 1. The van der Waals surface area contributed by atoms with Gasteiger partial charge in [-0.15, -0.1) is 0 Å². The van der Waals surface area contributed by atoms with Gasteiger partial charge < -0.3 is 10.9 Å². The lowest BCUT2D eigenvalue weighted by Gasteiger charge is -2.06. The average molecular weight is 218 g/mol. The number of halogens is 1. The van der Waals surface area contributed by atoms with E-state index in [9.17, 15) is 0 Å². The van der Waals surface area contributed by atoms with Gasteiger partial charge in [0.2, 0.25) is 5.88 Å². The monoisotopic (exact) mass is 217 g/mol. The Morgan fingerprint density at radius 2 is 2.07 bits per heavy atom. The number of aromatic nitrogens is 2. The first-order valence-electron chi connectivity index (χ1n) is 4.41. The summed E-state index contributed by atoms with van der Waals surface area (Å²) in [6.07, 6.45) is 3.22. The number of hydrogen-bond donors (Lipinski definition) is 1. The molecule has 0 aliphatic heterocycles. The summed E-state index contributed by atoms with van der Waals surface area (Å²) >= 11 is 5.99. The summed E-state index contributed by atoms with van der Waals surface area (Å²) in [4.78, 5) is 8.00. The summed E-state index contributed by atoms with van der Waals surface area (Å²) in [7, 11) is 0. The molecule has 3 N–H and O–H groups in total. The lowest BCUT2D eigenvalue weighted by Crippen LogP contribution is -2.00. The van der Waals surface area contributed by atoms with E-state index in [0.717, 1.165) is 18.5 Å². The molecule has 1 aromatic heterocycles. The molecule has 14 heavy (non-hydrogen) atoms. The van der Waals surface area contributed by atoms with Gasteiger partial charge >= 0.3 is 0 Å². The number of rotatable bonds is 4. The van der Waals surface area contributed by atoms with Crippen LogP contribution in [0.15, 0.2) is 6.33 Å². The molecule has 0 unspecified atom stereocenters. The molecule has 0 atom stereocenters. The van der Waals surface area contributed by atoms with E-state index in [1.807, 2.05) is 13.8 Å². The second kappa shape index (κ2) is 6.56. The summed E-state index contributed by atoms with van der Waals surface area (Å²) in [6.45, 7) is 4.67. The van der Waals surface area contributed by atoms with Crippen molar-refractivity contribution in [3.63, 3.8) is 0 Å². The van der Waals surface area contributed by atoms with Gasteiger partial charge in [-0.3, -0.25) is 0 Å². The fraction of sp³-hybridized carbons (Fsp3) is 0.556. The zero-order valence-electron chi connectivity index (χ0n) is 8.59. The normalized spacial score (nSPS) is 9.36. The second-order valence-electron chi connectivity index (χ2n) is 2.64. The Kier molecular flexibility index (Phi) is 6.16. The van der Waals surface area contributed by atoms with Crippen molar-refractivity contribution >= 4 is 11.6 Å². The minimum Gasteiger partial charge on any atom is -0.477 e. The third-order valence-corrected chi connectivity index (χ3v) is 1.99. The first-order valence-corrected chi connectivity index (χ1v) is 4.79.